The summed E-state index contributed by atoms with van der Waals surface area (Å²) < 4.78 is 0.996. The summed E-state index contributed by atoms with van der Waals surface area (Å²) in [4.78, 5) is 14.3. The smallest absolute Gasteiger partial charge is 0.196 e. The van der Waals surface area contributed by atoms with Crippen molar-refractivity contribution in [1.29, 1.82) is 0 Å². The predicted molar refractivity (Wildman–Crippen MR) is 71.6 cm³/mol. The summed E-state index contributed by atoms with van der Waals surface area (Å²) in [5, 5.41) is 0. The van der Waals surface area contributed by atoms with Gasteiger partial charge in [-0.3, -0.25) is 4.79 Å². The number of hydrogen-bond donors (Lipinski definition) is 0. The van der Waals surface area contributed by atoms with Crippen molar-refractivity contribution in [2.75, 3.05) is 0 Å². The van der Waals surface area contributed by atoms with Crippen LogP contribution >= 0.6 is 45.9 Å². The number of carbonyl (C=O) groups is 1. The molecule has 0 atom stereocenters. The van der Waals surface area contributed by atoms with E-state index in [2.05, 4.69) is 0 Å². The molecular formula is C11H8Cl2OS2. The summed E-state index contributed by atoms with van der Waals surface area (Å²) in [6, 6.07) is 3.52. The van der Waals surface area contributed by atoms with Crippen molar-refractivity contribution in [2.24, 2.45) is 0 Å². The van der Waals surface area contributed by atoms with E-state index in [0.717, 1.165) is 15.3 Å². The van der Waals surface area contributed by atoms with Crippen molar-refractivity contribution in [3.05, 3.63) is 41.7 Å². The van der Waals surface area contributed by atoms with Crippen molar-refractivity contribution >= 4 is 51.7 Å². The van der Waals surface area contributed by atoms with Gasteiger partial charge in [0.1, 0.15) is 4.34 Å². The van der Waals surface area contributed by atoms with Gasteiger partial charge in [-0.1, -0.05) is 23.2 Å². The molecule has 84 valence electrons. The quantitative estimate of drug-likeness (QED) is 0.714. The summed E-state index contributed by atoms with van der Waals surface area (Å²) in [7, 11) is 0. The van der Waals surface area contributed by atoms with Gasteiger partial charge in [0, 0.05) is 15.3 Å². The van der Waals surface area contributed by atoms with Crippen LogP contribution in [0.3, 0.4) is 0 Å². The molecule has 0 unspecified atom stereocenters. The second-order valence-electron chi connectivity index (χ2n) is 3.39. The van der Waals surface area contributed by atoms with Crippen LogP contribution in [-0.4, -0.2) is 5.78 Å². The lowest BCUT2D eigenvalue weighted by atomic mass is 10.1. The predicted octanol–water partition coefficient (Wildman–Crippen LogP) is 4.96. The molecule has 1 nitrogen and oxygen atoms in total. The van der Waals surface area contributed by atoms with Gasteiger partial charge in [-0.15, -0.1) is 22.7 Å². The second kappa shape index (κ2) is 4.49. The van der Waals surface area contributed by atoms with Crippen molar-refractivity contribution in [3.8, 4) is 0 Å². The number of carbonyl (C=O) groups excluding carboxylic acids is 1. The van der Waals surface area contributed by atoms with Crippen LogP contribution in [-0.2, 0) is 0 Å². The average Bonchev–Trinajstić information content (AvgIpc) is 2.68. The van der Waals surface area contributed by atoms with E-state index in [0.29, 0.717) is 14.2 Å². The molecule has 0 fully saturated rings. The monoisotopic (exact) mass is 290 g/mol. The van der Waals surface area contributed by atoms with Gasteiger partial charge in [0.05, 0.1) is 9.90 Å². The maximum absolute atomic E-state index is 12.2. The molecule has 16 heavy (non-hydrogen) atoms. The minimum Gasteiger partial charge on any atom is -0.288 e. The SMILES string of the molecule is Cc1cc(C(=O)c2cc(Cl)sc2Cl)c(C)s1. The highest BCUT2D eigenvalue weighted by Crippen LogP contribution is 2.34. The standard InChI is InChI=1S/C11H8Cl2OS2/c1-5-3-7(6(2)15-5)10(14)8-4-9(12)16-11(8)13/h3-4H,1-2H3. The fourth-order valence-electron chi connectivity index (χ4n) is 1.50. The molecule has 0 aliphatic heterocycles. The van der Waals surface area contributed by atoms with Crippen LogP contribution in [0.2, 0.25) is 8.67 Å². The van der Waals surface area contributed by atoms with Crippen LogP contribution in [0.15, 0.2) is 12.1 Å². The zero-order valence-corrected chi connectivity index (χ0v) is 11.8. The van der Waals surface area contributed by atoms with Crippen LogP contribution in [0.1, 0.15) is 25.7 Å². The van der Waals surface area contributed by atoms with Crippen LogP contribution in [0, 0.1) is 13.8 Å². The molecule has 5 heteroatoms. The maximum Gasteiger partial charge on any atom is 0.196 e. The summed E-state index contributed by atoms with van der Waals surface area (Å²) in [5.74, 6) is -0.0463. The van der Waals surface area contributed by atoms with Gasteiger partial charge in [0.2, 0.25) is 0 Å². The molecule has 0 aromatic carbocycles. The minimum atomic E-state index is -0.0463. The van der Waals surface area contributed by atoms with E-state index in [4.69, 9.17) is 23.2 Å². The van der Waals surface area contributed by atoms with E-state index < -0.39 is 0 Å². The van der Waals surface area contributed by atoms with Crippen LogP contribution < -0.4 is 0 Å². The third-order valence-corrected chi connectivity index (χ3v) is 4.64. The summed E-state index contributed by atoms with van der Waals surface area (Å²) in [6.07, 6.45) is 0. The lowest BCUT2D eigenvalue weighted by molar-refractivity contribution is 0.103. The van der Waals surface area contributed by atoms with Gasteiger partial charge >= 0.3 is 0 Å². The minimum absolute atomic E-state index is 0.0463. The molecule has 2 aromatic heterocycles. The highest BCUT2D eigenvalue weighted by Gasteiger charge is 2.19. The highest BCUT2D eigenvalue weighted by atomic mass is 35.5. The van der Waals surface area contributed by atoms with Crippen LogP contribution in [0.25, 0.3) is 0 Å². The second-order valence-corrected chi connectivity index (χ2v) is 7.14. The molecule has 0 spiro atoms. The summed E-state index contributed by atoms with van der Waals surface area (Å²) in [5.41, 5.74) is 1.22. The maximum atomic E-state index is 12.2. The van der Waals surface area contributed by atoms with Gasteiger partial charge in [0.15, 0.2) is 5.78 Å². The number of hydrogen-bond acceptors (Lipinski definition) is 3. The van der Waals surface area contributed by atoms with Gasteiger partial charge in [-0.2, -0.15) is 0 Å². The first-order valence-corrected chi connectivity index (χ1v) is 6.94. The van der Waals surface area contributed by atoms with Crippen molar-refractivity contribution in [2.45, 2.75) is 13.8 Å². The normalized spacial score (nSPS) is 10.8. The molecule has 0 N–H and O–H groups in total. The Bertz CT molecular complexity index is 506. The van der Waals surface area contributed by atoms with Crippen molar-refractivity contribution in [3.63, 3.8) is 0 Å². The molecule has 0 bridgehead atoms. The molecule has 0 aliphatic carbocycles. The van der Waals surface area contributed by atoms with Crippen LogP contribution in [0.4, 0.5) is 0 Å². The highest BCUT2D eigenvalue weighted by molar-refractivity contribution is 7.20. The third-order valence-electron chi connectivity index (χ3n) is 2.19. The topological polar surface area (TPSA) is 17.1 Å². The average molecular weight is 291 g/mol. The van der Waals surface area contributed by atoms with Gasteiger partial charge in [0.25, 0.3) is 0 Å². The molecule has 0 saturated heterocycles. The number of ketones is 1. The van der Waals surface area contributed by atoms with E-state index in [1.165, 1.54) is 11.3 Å². The Balaban J connectivity index is 2.46. The third kappa shape index (κ3) is 2.18. The first kappa shape index (κ1) is 12.1. The van der Waals surface area contributed by atoms with Crippen molar-refractivity contribution in [1.82, 2.24) is 0 Å². The molecule has 2 aromatic rings. The zero-order valence-electron chi connectivity index (χ0n) is 8.64. The van der Waals surface area contributed by atoms with Crippen molar-refractivity contribution < 1.29 is 4.79 Å². The Labute approximate surface area is 112 Å². The van der Waals surface area contributed by atoms with Gasteiger partial charge in [-0.25, -0.2) is 0 Å². The Morgan fingerprint density at radius 1 is 1.12 bits per heavy atom. The number of rotatable bonds is 2. The van der Waals surface area contributed by atoms with E-state index in [9.17, 15) is 4.79 Å². The largest absolute Gasteiger partial charge is 0.288 e. The number of halogens is 2. The molecule has 0 radical (unpaired) electrons. The number of aryl methyl sites for hydroxylation is 2. The molecular weight excluding hydrogens is 283 g/mol. The molecule has 0 aliphatic rings. The summed E-state index contributed by atoms with van der Waals surface area (Å²) >= 11 is 14.6. The Kier molecular flexibility index (Phi) is 3.40. The first-order chi connectivity index (χ1) is 7.49. The van der Waals surface area contributed by atoms with E-state index >= 15 is 0 Å². The molecule has 2 rings (SSSR count). The molecule has 2 heterocycles. The van der Waals surface area contributed by atoms with E-state index in [1.807, 2.05) is 19.9 Å². The lowest BCUT2D eigenvalue weighted by Crippen LogP contribution is -1.99. The lowest BCUT2D eigenvalue weighted by Gasteiger charge is -1.97. The Morgan fingerprint density at radius 2 is 1.81 bits per heavy atom. The van der Waals surface area contributed by atoms with Gasteiger partial charge in [-0.05, 0) is 26.0 Å². The van der Waals surface area contributed by atoms with E-state index in [-0.39, 0.29) is 5.78 Å². The van der Waals surface area contributed by atoms with E-state index in [1.54, 1.807) is 17.4 Å². The Hall–Kier alpha value is -0.350. The zero-order chi connectivity index (χ0) is 11.9. The molecule has 0 amide bonds. The van der Waals surface area contributed by atoms with Gasteiger partial charge < -0.3 is 0 Å². The van der Waals surface area contributed by atoms with Crippen LogP contribution in [0.5, 0.6) is 0 Å². The fourth-order valence-corrected chi connectivity index (χ4v) is 3.88. The fraction of sp³-hybridized carbons (Fsp3) is 0.182. The molecule has 0 saturated carbocycles. The summed E-state index contributed by atoms with van der Waals surface area (Å²) in [6.45, 7) is 3.92. The Morgan fingerprint density at radius 3 is 2.25 bits per heavy atom. The number of thiophene rings is 2. The first-order valence-electron chi connectivity index (χ1n) is 4.55.